The predicted molar refractivity (Wildman–Crippen MR) is 31.3 cm³/mol. The summed E-state index contributed by atoms with van der Waals surface area (Å²) in [4.78, 5) is 0. The molecule has 0 aromatic carbocycles. The van der Waals surface area contributed by atoms with Gasteiger partial charge in [0.15, 0.2) is 0 Å². The fraction of sp³-hybridized carbons (Fsp3) is 0.200. The number of hydrogen-bond donors (Lipinski definition) is 2. The molecule has 0 bridgehead atoms. The molecule has 0 aliphatic carbocycles. The van der Waals surface area contributed by atoms with Gasteiger partial charge in [-0.25, -0.2) is 0 Å². The van der Waals surface area contributed by atoms with E-state index >= 15 is 0 Å². The Kier molecular flexibility index (Phi) is 3.06. The molecule has 0 atom stereocenters. The van der Waals surface area contributed by atoms with Crippen LogP contribution in [-0.4, -0.2) is 0 Å². The van der Waals surface area contributed by atoms with Gasteiger partial charge in [-0.1, -0.05) is 12.7 Å². The first-order chi connectivity index (χ1) is 3.31. The molecule has 0 rings (SSSR count). The second-order valence-electron chi connectivity index (χ2n) is 1.26. The number of allylic oxidation sites excluding steroid dienone is 2. The standard InChI is InChI=1S/C5H10N2/c1-3-5(2)4-7-6/h3-4,7H,1,6H2,2H3/b5-4-. The summed E-state index contributed by atoms with van der Waals surface area (Å²) >= 11 is 0. The molecule has 3 N–H and O–H groups in total. The predicted octanol–water partition coefficient (Wildman–Crippen LogP) is 0.540. The highest BCUT2D eigenvalue weighted by atomic mass is 15.2. The van der Waals surface area contributed by atoms with Crippen molar-refractivity contribution in [2.75, 3.05) is 0 Å². The Balaban J connectivity index is 3.49. The Morgan fingerprint density at radius 1 is 1.86 bits per heavy atom. The number of hydrazine groups is 1. The highest BCUT2D eigenvalue weighted by Crippen LogP contribution is 1.86. The Morgan fingerprint density at radius 2 is 2.43 bits per heavy atom. The molecule has 0 aromatic rings. The lowest BCUT2D eigenvalue weighted by atomic mass is 10.3. The van der Waals surface area contributed by atoms with Crippen LogP contribution >= 0.6 is 0 Å². The lowest BCUT2D eigenvalue weighted by Gasteiger charge is -1.87. The summed E-state index contributed by atoms with van der Waals surface area (Å²) < 4.78 is 0. The van der Waals surface area contributed by atoms with E-state index in [0.717, 1.165) is 5.57 Å². The Morgan fingerprint density at radius 3 is 2.57 bits per heavy atom. The number of nitrogens with one attached hydrogen (secondary N) is 1. The Labute approximate surface area is 43.7 Å². The van der Waals surface area contributed by atoms with E-state index < -0.39 is 0 Å². The molecule has 0 saturated heterocycles. The van der Waals surface area contributed by atoms with Crippen LogP contribution in [0.1, 0.15) is 6.92 Å². The van der Waals surface area contributed by atoms with Crippen molar-refractivity contribution in [2.24, 2.45) is 5.84 Å². The van der Waals surface area contributed by atoms with Crippen LogP contribution < -0.4 is 11.3 Å². The van der Waals surface area contributed by atoms with Gasteiger partial charge in [-0.15, -0.1) is 0 Å². The van der Waals surface area contributed by atoms with Gasteiger partial charge in [-0.05, 0) is 12.5 Å². The minimum Gasteiger partial charge on any atom is -0.331 e. The molecule has 2 heteroatoms. The molecule has 0 aromatic heterocycles. The molecule has 0 amide bonds. The minimum atomic E-state index is 1.03. The van der Waals surface area contributed by atoms with E-state index in [1.165, 1.54) is 0 Å². The molecule has 0 aliphatic heterocycles. The first-order valence-electron chi connectivity index (χ1n) is 2.06. The van der Waals surface area contributed by atoms with Crippen LogP contribution in [0.25, 0.3) is 0 Å². The molecular weight excluding hydrogens is 88.1 g/mol. The highest BCUT2D eigenvalue weighted by molar-refractivity contribution is 5.10. The zero-order valence-electron chi connectivity index (χ0n) is 4.44. The topological polar surface area (TPSA) is 38.0 Å². The maximum absolute atomic E-state index is 4.93. The van der Waals surface area contributed by atoms with E-state index in [9.17, 15) is 0 Å². The van der Waals surface area contributed by atoms with Crippen LogP contribution in [-0.2, 0) is 0 Å². The summed E-state index contributed by atoms with van der Waals surface area (Å²) in [6.45, 7) is 5.42. The monoisotopic (exact) mass is 98.1 g/mol. The van der Waals surface area contributed by atoms with Crippen molar-refractivity contribution < 1.29 is 0 Å². The van der Waals surface area contributed by atoms with Crippen molar-refractivity contribution in [3.63, 3.8) is 0 Å². The van der Waals surface area contributed by atoms with Crippen molar-refractivity contribution in [3.05, 3.63) is 24.4 Å². The summed E-state index contributed by atoms with van der Waals surface area (Å²) in [7, 11) is 0. The van der Waals surface area contributed by atoms with E-state index in [-0.39, 0.29) is 0 Å². The summed E-state index contributed by atoms with van der Waals surface area (Å²) in [5.74, 6) is 4.93. The van der Waals surface area contributed by atoms with Crippen LogP contribution in [0.2, 0.25) is 0 Å². The fourth-order valence-electron chi connectivity index (χ4n) is 0.190. The summed E-state index contributed by atoms with van der Waals surface area (Å²) in [6.07, 6.45) is 3.40. The second-order valence-corrected chi connectivity index (χ2v) is 1.26. The van der Waals surface area contributed by atoms with Crippen molar-refractivity contribution in [1.29, 1.82) is 0 Å². The molecule has 0 unspecified atom stereocenters. The molecule has 0 spiro atoms. The van der Waals surface area contributed by atoms with Gasteiger partial charge in [-0.3, -0.25) is 5.84 Å². The maximum Gasteiger partial charge on any atom is 0.0152 e. The van der Waals surface area contributed by atoms with Gasteiger partial charge in [0.1, 0.15) is 0 Å². The third-order valence-corrected chi connectivity index (χ3v) is 0.633. The quantitative estimate of drug-likeness (QED) is 0.300. The van der Waals surface area contributed by atoms with Crippen LogP contribution in [0.5, 0.6) is 0 Å². The SMILES string of the molecule is C=C/C(C)=C\NN. The molecule has 7 heavy (non-hydrogen) atoms. The van der Waals surface area contributed by atoms with Crippen LogP contribution in [0, 0.1) is 0 Å². The fourth-order valence-corrected chi connectivity index (χ4v) is 0.190. The first-order valence-corrected chi connectivity index (χ1v) is 2.06. The molecule has 40 valence electrons. The van der Waals surface area contributed by atoms with Gasteiger partial charge in [0, 0.05) is 6.20 Å². The molecule has 0 saturated carbocycles. The molecule has 0 aliphatic rings. The third-order valence-electron chi connectivity index (χ3n) is 0.633. The number of nitrogens with two attached hydrogens (primary N) is 1. The van der Waals surface area contributed by atoms with Gasteiger partial charge < -0.3 is 5.43 Å². The highest BCUT2D eigenvalue weighted by Gasteiger charge is 1.70. The van der Waals surface area contributed by atoms with Crippen molar-refractivity contribution in [2.45, 2.75) is 6.92 Å². The van der Waals surface area contributed by atoms with E-state index in [0.29, 0.717) is 0 Å². The van der Waals surface area contributed by atoms with Crippen molar-refractivity contribution in [3.8, 4) is 0 Å². The smallest absolute Gasteiger partial charge is 0.0152 e. The van der Waals surface area contributed by atoms with Gasteiger partial charge in [-0.2, -0.15) is 0 Å². The summed E-state index contributed by atoms with van der Waals surface area (Å²) in [5, 5.41) is 0. The summed E-state index contributed by atoms with van der Waals surface area (Å²) in [5.41, 5.74) is 3.42. The minimum absolute atomic E-state index is 1.03. The average Bonchev–Trinajstić information content (AvgIpc) is 1.68. The van der Waals surface area contributed by atoms with Crippen molar-refractivity contribution in [1.82, 2.24) is 5.43 Å². The maximum atomic E-state index is 4.93. The van der Waals surface area contributed by atoms with E-state index in [4.69, 9.17) is 5.84 Å². The van der Waals surface area contributed by atoms with Crippen LogP contribution in [0.3, 0.4) is 0 Å². The van der Waals surface area contributed by atoms with E-state index in [2.05, 4.69) is 12.0 Å². The lowest BCUT2D eigenvalue weighted by Crippen LogP contribution is -2.13. The van der Waals surface area contributed by atoms with Gasteiger partial charge in [0.2, 0.25) is 0 Å². The number of hydrogen-bond acceptors (Lipinski definition) is 2. The van der Waals surface area contributed by atoms with Crippen LogP contribution in [0.4, 0.5) is 0 Å². The summed E-state index contributed by atoms with van der Waals surface area (Å²) in [6, 6.07) is 0. The van der Waals surface area contributed by atoms with Crippen molar-refractivity contribution >= 4 is 0 Å². The van der Waals surface area contributed by atoms with Gasteiger partial charge in [0.25, 0.3) is 0 Å². The first kappa shape index (κ1) is 6.24. The van der Waals surface area contributed by atoms with Gasteiger partial charge in [0.05, 0.1) is 0 Å². The molecule has 0 fully saturated rings. The molecule has 0 heterocycles. The average molecular weight is 98.1 g/mol. The van der Waals surface area contributed by atoms with Gasteiger partial charge >= 0.3 is 0 Å². The zero-order chi connectivity index (χ0) is 5.70. The largest absolute Gasteiger partial charge is 0.331 e. The Hall–Kier alpha value is -0.760. The normalized spacial score (nSPS) is 10.9. The molecular formula is C5H10N2. The Bertz CT molecular complexity index is 84.1. The third kappa shape index (κ3) is 3.06. The van der Waals surface area contributed by atoms with E-state index in [1.54, 1.807) is 12.3 Å². The van der Waals surface area contributed by atoms with E-state index in [1.807, 2.05) is 6.92 Å². The molecule has 2 nitrogen and oxygen atoms in total. The lowest BCUT2D eigenvalue weighted by molar-refractivity contribution is 0.957. The number of rotatable bonds is 2. The molecule has 0 radical (unpaired) electrons. The second kappa shape index (κ2) is 3.43. The van der Waals surface area contributed by atoms with Crippen LogP contribution in [0.15, 0.2) is 24.4 Å². The zero-order valence-corrected chi connectivity index (χ0v) is 4.44.